The van der Waals surface area contributed by atoms with Crippen LogP contribution in [0.3, 0.4) is 0 Å². The number of hydrogen-bond acceptors (Lipinski definition) is 5. The standard InChI is InChI=1S/C15H15N3O2/c1-3-11(15(19)20-2)6-7-18-14-5-4-12(9-16)13(8-14)10-17/h4-6,8,18H,3,7H2,1-2H3/b11-6-. The molecule has 0 heterocycles. The molecule has 0 aliphatic heterocycles. The molecule has 1 aromatic carbocycles. The van der Waals surface area contributed by atoms with Crippen LogP contribution in [0.4, 0.5) is 5.69 Å². The molecule has 0 radical (unpaired) electrons. The van der Waals surface area contributed by atoms with E-state index >= 15 is 0 Å². The molecule has 0 saturated carbocycles. The molecule has 0 aliphatic rings. The number of ether oxygens (including phenoxy) is 1. The Hall–Kier alpha value is -2.79. The molecular weight excluding hydrogens is 254 g/mol. The molecule has 102 valence electrons. The van der Waals surface area contributed by atoms with Crippen LogP contribution in [-0.2, 0) is 9.53 Å². The maximum absolute atomic E-state index is 11.4. The first-order valence-electron chi connectivity index (χ1n) is 6.11. The Labute approximate surface area is 118 Å². The number of nitriles is 2. The van der Waals surface area contributed by atoms with Crippen LogP contribution in [0.15, 0.2) is 29.8 Å². The van der Waals surface area contributed by atoms with Gasteiger partial charge in [0, 0.05) is 17.8 Å². The van der Waals surface area contributed by atoms with E-state index in [0.29, 0.717) is 29.7 Å². The Morgan fingerprint density at radius 3 is 2.60 bits per heavy atom. The van der Waals surface area contributed by atoms with Crippen LogP contribution in [0.1, 0.15) is 24.5 Å². The second-order valence-corrected chi connectivity index (χ2v) is 3.94. The highest BCUT2D eigenvalue weighted by Gasteiger charge is 2.06. The lowest BCUT2D eigenvalue weighted by Gasteiger charge is -2.06. The summed E-state index contributed by atoms with van der Waals surface area (Å²) in [5.74, 6) is -0.341. The monoisotopic (exact) mass is 269 g/mol. The number of carbonyl (C=O) groups excluding carboxylic acids is 1. The van der Waals surface area contributed by atoms with Gasteiger partial charge in [-0.15, -0.1) is 0 Å². The van der Waals surface area contributed by atoms with Crippen LogP contribution in [-0.4, -0.2) is 19.6 Å². The van der Waals surface area contributed by atoms with Crippen LogP contribution in [0, 0.1) is 22.7 Å². The summed E-state index contributed by atoms with van der Waals surface area (Å²) in [6.45, 7) is 2.31. The minimum atomic E-state index is -0.341. The van der Waals surface area contributed by atoms with Gasteiger partial charge in [0.05, 0.1) is 18.2 Å². The lowest BCUT2D eigenvalue weighted by Crippen LogP contribution is -2.07. The highest BCUT2D eigenvalue weighted by molar-refractivity contribution is 5.88. The average molecular weight is 269 g/mol. The zero-order valence-corrected chi connectivity index (χ0v) is 11.4. The summed E-state index contributed by atoms with van der Waals surface area (Å²) >= 11 is 0. The highest BCUT2D eigenvalue weighted by Crippen LogP contribution is 2.14. The number of nitrogens with zero attached hydrogens (tertiary/aromatic N) is 2. The van der Waals surface area contributed by atoms with Gasteiger partial charge in [0.1, 0.15) is 12.1 Å². The predicted molar refractivity (Wildman–Crippen MR) is 74.8 cm³/mol. The quantitative estimate of drug-likeness (QED) is 0.655. The van der Waals surface area contributed by atoms with Gasteiger partial charge in [0.2, 0.25) is 0 Å². The Morgan fingerprint density at radius 2 is 2.05 bits per heavy atom. The number of benzene rings is 1. The van der Waals surface area contributed by atoms with E-state index in [9.17, 15) is 4.79 Å². The van der Waals surface area contributed by atoms with E-state index in [2.05, 4.69) is 10.1 Å². The van der Waals surface area contributed by atoms with Crippen LogP contribution < -0.4 is 5.32 Å². The van der Waals surface area contributed by atoms with E-state index < -0.39 is 0 Å². The maximum atomic E-state index is 11.4. The Kier molecular flexibility index (Phi) is 5.80. The predicted octanol–water partition coefficient (Wildman–Crippen LogP) is 2.35. The minimum Gasteiger partial charge on any atom is -0.466 e. The third-order valence-corrected chi connectivity index (χ3v) is 2.74. The molecule has 0 amide bonds. The van der Waals surface area contributed by atoms with Crippen LogP contribution in [0.5, 0.6) is 0 Å². The van der Waals surface area contributed by atoms with E-state index in [-0.39, 0.29) is 5.97 Å². The SMILES string of the molecule is CC/C(=C/CNc1ccc(C#N)c(C#N)c1)C(=O)OC. The lowest BCUT2D eigenvalue weighted by atomic mass is 10.1. The molecule has 0 aliphatic carbocycles. The fourth-order valence-corrected chi connectivity index (χ4v) is 1.64. The fraction of sp³-hybridized carbons (Fsp3) is 0.267. The van der Waals surface area contributed by atoms with E-state index in [0.717, 1.165) is 5.69 Å². The third-order valence-electron chi connectivity index (χ3n) is 2.74. The number of anilines is 1. The Bertz CT molecular complexity index is 607. The number of esters is 1. The summed E-state index contributed by atoms with van der Waals surface area (Å²) in [6.07, 6.45) is 2.33. The van der Waals surface area contributed by atoms with Crippen LogP contribution >= 0.6 is 0 Å². The van der Waals surface area contributed by atoms with E-state index in [1.807, 2.05) is 19.1 Å². The normalized spacial score (nSPS) is 10.3. The summed E-state index contributed by atoms with van der Waals surface area (Å²) < 4.78 is 4.66. The molecule has 1 aromatic rings. The Morgan fingerprint density at radius 1 is 1.35 bits per heavy atom. The molecule has 0 spiro atoms. The topological polar surface area (TPSA) is 85.9 Å². The largest absolute Gasteiger partial charge is 0.466 e. The first kappa shape index (κ1) is 15.3. The second kappa shape index (κ2) is 7.60. The van der Waals surface area contributed by atoms with Crippen molar-refractivity contribution in [2.24, 2.45) is 0 Å². The first-order valence-corrected chi connectivity index (χ1v) is 6.11. The molecule has 20 heavy (non-hydrogen) atoms. The minimum absolute atomic E-state index is 0.324. The lowest BCUT2D eigenvalue weighted by molar-refractivity contribution is -0.136. The van der Waals surface area contributed by atoms with Crippen molar-refractivity contribution >= 4 is 11.7 Å². The number of nitrogens with one attached hydrogen (secondary N) is 1. The van der Waals surface area contributed by atoms with Gasteiger partial charge in [-0.05, 0) is 24.6 Å². The smallest absolute Gasteiger partial charge is 0.333 e. The molecule has 0 aromatic heterocycles. The van der Waals surface area contributed by atoms with Crippen molar-refractivity contribution in [3.05, 3.63) is 41.0 Å². The molecular formula is C15H15N3O2. The van der Waals surface area contributed by atoms with E-state index in [1.54, 1.807) is 24.3 Å². The van der Waals surface area contributed by atoms with Gasteiger partial charge in [-0.1, -0.05) is 13.0 Å². The molecule has 0 atom stereocenters. The van der Waals surface area contributed by atoms with E-state index in [4.69, 9.17) is 10.5 Å². The summed E-state index contributed by atoms with van der Waals surface area (Å²) in [5, 5.41) is 20.8. The molecule has 0 fully saturated rings. The summed E-state index contributed by atoms with van der Waals surface area (Å²) in [5.41, 5.74) is 1.98. The number of rotatable bonds is 5. The zero-order chi connectivity index (χ0) is 15.0. The van der Waals surface area contributed by atoms with Crippen molar-refractivity contribution in [1.29, 1.82) is 10.5 Å². The van der Waals surface area contributed by atoms with Crippen LogP contribution in [0.25, 0.3) is 0 Å². The van der Waals surface area contributed by atoms with E-state index in [1.165, 1.54) is 7.11 Å². The maximum Gasteiger partial charge on any atom is 0.333 e. The molecule has 1 rings (SSSR count). The van der Waals surface area contributed by atoms with Gasteiger partial charge in [-0.25, -0.2) is 4.79 Å². The van der Waals surface area contributed by atoms with Gasteiger partial charge in [0.15, 0.2) is 0 Å². The second-order valence-electron chi connectivity index (χ2n) is 3.94. The third kappa shape index (κ3) is 3.86. The first-order chi connectivity index (χ1) is 9.65. The van der Waals surface area contributed by atoms with Crippen molar-refractivity contribution in [2.45, 2.75) is 13.3 Å². The molecule has 5 nitrogen and oxygen atoms in total. The van der Waals surface area contributed by atoms with Crippen molar-refractivity contribution in [3.63, 3.8) is 0 Å². The zero-order valence-electron chi connectivity index (χ0n) is 11.4. The Balaban J connectivity index is 2.77. The highest BCUT2D eigenvalue weighted by atomic mass is 16.5. The van der Waals surface area contributed by atoms with Crippen molar-refractivity contribution in [3.8, 4) is 12.1 Å². The summed E-state index contributed by atoms with van der Waals surface area (Å²) in [4.78, 5) is 11.4. The summed E-state index contributed by atoms with van der Waals surface area (Å²) in [6, 6.07) is 8.84. The number of carbonyl (C=O) groups is 1. The van der Waals surface area contributed by atoms with Gasteiger partial charge in [-0.2, -0.15) is 10.5 Å². The summed E-state index contributed by atoms with van der Waals surface area (Å²) in [7, 11) is 1.35. The molecule has 1 N–H and O–H groups in total. The van der Waals surface area contributed by atoms with Gasteiger partial charge in [0.25, 0.3) is 0 Å². The fourth-order valence-electron chi connectivity index (χ4n) is 1.64. The molecule has 0 unspecified atom stereocenters. The molecule has 0 bridgehead atoms. The number of hydrogen-bond donors (Lipinski definition) is 1. The van der Waals surface area contributed by atoms with Gasteiger partial charge in [-0.3, -0.25) is 0 Å². The molecule has 0 saturated heterocycles. The van der Waals surface area contributed by atoms with Crippen molar-refractivity contribution < 1.29 is 9.53 Å². The molecule has 5 heteroatoms. The average Bonchev–Trinajstić information content (AvgIpc) is 2.50. The van der Waals surface area contributed by atoms with Crippen molar-refractivity contribution in [1.82, 2.24) is 0 Å². The van der Waals surface area contributed by atoms with Crippen molar-refractivity contribution in [2.75, 3.05) is 19.0 Å². The van der Waals surface area contributed by atoms with Gasteiger partial charge < -0.3 is 10.1 Å². The van der Waals surface area contributed by atoms with Crippen LogP contribution in [0.2, 0.25) is 0 Å². The number of methoxy groups -OCH3 is 1. The van der Waals surface area contributed by atoms with Gasteiger partial charge >= 0.3 is 5.97 Å².